The maximum atomic E-state index is 15.0. The third-order valence-corrected chi connectivity index (χ3v) is 26.5. The molecule has 36 heteroatoms. The maximum absolute atomic E-state index is 15.0. The predicted molar refractivity (Wildman–Crippen MR) is 510 cm³/mol. The van der Waals surface area contributed by atoms with E-state index in [1.54, 1.807) is 142 Å². The molecule has 1 unspecified atom stereocenters. The van der Waals surface area contributed by atoms with Crippen LogP contribution in [0.1, 0.15) is 95.9 Å². The smallest absolute Gasteiger partial charge is 0.229 e. The van der Waals surface area contributed by atoms with Crippen molar-refractivity contribution in [1.82, 2.24) is 79.0 Å². The molecule has 0 bridgehead atoms. The van der Waals surface area contributed by atoms with Crippen molar-refractivity contribution in [3.05, 3.63) is 265 Å². The summed E-state index contributed by atoms with van der Waals surface area (Å²) < 4.78 is 66.9. The third-order valence-electron chi connectivity index (χ3n) is 26.5. The molecule has 4 aromatic carbocycles. The van der Waals surface area contributed by atoms with Crippen LogP contribution >= 0.6 is 0 Å². The van der Waals surface area contributed by atoms with Crippen molar-refractivity contribution in [2.24, 2.45) is 47.3 Å². The lowest BCUT2D eigenvalue weighted by Crippen LogP contribution is -2.16. The number of nitrogen functional groups attached to an aromatic ring is 4. The molecule has 16 aromatic rings. The topological polar surface area (TPSA) is 476 Å². The number of nitrogens with zero attached hydrogens (tertiary/aromatic N) is 16. The number of hydrogen-bond acceptors (Lipinski definition) is 24. The number of carbonyl (C=O) groups excluding carboxylic acids is 4. The quantitative estimate of drug-likeness (QED) is 0.0197. The van der Waals surface area contributed by atoms with Gasteiger partial charge in [-0.2, -0.15) is 20.4 Å². The van der Waals surface area contributed by atoms with Crippen LogP contribution < -0.4 is 44.2 Å². The van der Waals surface area contributed by atoms with E-state index in [2.05, 4.69) is 81.5 Å². The van der Waals surface area contributed by atoms with Gasteiger partial charge >= 0.3 is 0 Å². The highest BCUT2D eigenvalue weighted by Crippen LogP contribution is 2.58. The number of nitrogens with two attached hydrogens (primary N) is 4. The van der Waals surface area contributed by atoms with E-state index in [1.807, 2.05) is 104 Å². The normalized spacial score (nSPS) is 19.4. The second-order valence-electron chi connectivity index (χ2n) is 35.2. The van der Waals surface area contributed by atoms with E-state index >= 15 is 17.6 Å². The van der Waals surface area contributed by atoms with Gasteiger partial charge in [0.2, 0.25) is 23.6 Å². The number of aryl methyl sites for hydroxylation is 4. The number of pyridine rings is 8. The summed E-state index contributed by atoms with van der Waals surface area (Å²) in [5.74, 6) is -0.913. The molecular weight excluding hydrogens is 1740 g/mol. The molecule has 20 rings (SSSR count). The monoisotopic (exact) mass is 1840 g/mol. The molecule has 12 aromatic heterocycles. The average Bonchev–Trinajstić information content (AvgIpc) is 1.59. The van der Waals surface area contributed by atoms with E-state index in [1.165, 1.54) is 24.8 Å². The molecule has 12 atom stereocenters. The standard InChI is InChI=1S/4C25H25FN6O2/c4*1-13-3-4-28-10-18(13)17-7-15-8-20(29-11-19(15)24(27)23(17)26)31-25(34)22-14(2)21(22)16-9-30-32(12-16)5-6-33/h4*3-4,7-12,14,21-22,33H,5-6,27H2,1-2H3,(H,29,31,34)/t14-,21+,22?;14-,21+,22-;2*14-,21-,22+/m1010/s1. The van der Waals surface area contributed by atoms with Crippen LogP contribution in [0.4, 0.5) is 63.6 Å². The second kappa shape index (κ2) is 38.7. The number of halogens is 4. The van der Waals surface area contributed by atoms with Crippen molar-refractivity contribution in [3.8, 4) is 44.5 Å². The van der Waals surface area contributed by atoms with E-state index in [9.17, 15) is 19.2 Å². The van der Waals surface area contributed by atoms with Gasteiger partial charge in [-0.15, -0.1) is 0 Å². The van der Waals surface area contributed by atoms with E-state index in [0.29, 0.717) is 137 Å². The lowest BCUT2D eigenvalue weighted by Gasteiger charge is -2.12. The van der Waals surface area contributed by atoms with Gasteiger partial charge in [0, 0.05) is 213 Å². The summed E-state index contributed by atoms with van der Waals surface area (Å²) in [4.78, 5) is 85.5. The minimum atomic E-state index is -0.515. The van der Waals surface area contributed by atoms with E-state index in [0.717, 1.165) is 44.5 Å². The minimum Gasteiger partial charge on any atom is -0.396 e. The van der Waals surface area contributed by atoms with Gasteiger partial charge in [0.1, 0.15) is 23.3 Å². The van der Waals surface area contributed by atoms with Crippen molar-refractivity contribution in [2.45, 2.75) is 105 Å². The summed E-state index contributed by atoms with van der Waals surface area (Å²) in [5.41, 5.74) is 35.9. The Morgan fingerprint density at radius 2 is 0.522 bits per heavy atom. The summed E-state index contributed by atoms with van der Waals surface area (Å²) in [6, 6.07) is 20.9. The first-order valence-electron chi connectivity index (χ1n) is 44.5. The van der Waals surface area contributed by atoms with Crippen LogP contribution in [-0.2, 0) is 45.4 Å². The number of fused-ring (bicyclic) bond motifs is 4. The number of hydrogen-bond donors (Lipinski definition) is 12. The van der Waals surface area contributed by atoms with Crippen LogP contribution in [-0.4, -0.2) is 149 Å². The molecule has 4 amide bonds. The van der Waals surface area contributed by atoms with Crippen molar-refractivity contribution in [2.75, 3.05) is 70.6 Å². The molecule has 4 aliphatic carbocycles. The van der Waals surface area contributed by atoms with E-state index in [4.69, 9.17) is 43.4 Å². The number of amides is 4. The lowest BCUT2D eigenvalue weighted by molar-refractivity contribution is -0.118. The summed E-state index contributed by atoms with van der Waals surface area (Å²) in [6.07, 6.45) is 33.5. The Kier molecular flexibility index (Phi) is 26.3. The predicted octanol–water partition coefficient (Wildman–Crippen LogP) is 14.0. The molecule has 4 fully saturated rings. The number of nitrogens with one attached hydrogen (secondary N) is 4. The Morgan fingerprint density at radius 1 is 0.316 bits per heavy atom. The van der Waals surface area contributed by atoms with Crippen molar-refractivity contribution < 1.29 is 57.2 Å². The summed E-state index contributed by atoms with van der Waals surface area (Å²) in [5, 5.41) is 69.5. The zero-order valence-corrected chi connectivity index (χ0v) is 75.5. The molecule has 0 saturated heterocycles. The Bertz CT molecular complexity index is 6460. The number of benzene rings is 4. The molecule has 32 nitrogen and oxygen atoms in total. The van der Waals surface area contributed by atoms with Crippen LogP contribution in [0.3, 0.4) is 0 Å². The fourth-order valence-electron chi connectivity index (χ4n) is 18.7. The number of aliphatic hydroxyl groups excluding tert-OH is 4. The van der Waals surface area contributed by atoms with Gasteiger partial charge in [-0.3, -0.25) is 57.8 Å². The molecule has 0 aliphatic heterocycles. The molecular formula is C100H100F4N24O8. The van der Waals surface area contributed by atoms with Crippen LogP contribution in [0.5, 0.6) is 0 Å². The van der Waals surface area contributed by atoms with Gasteiger partial charge in [0.25, 0.3) is 0 Å². The SMILES string of the molecule is Cc1ccncc1-c1cc2cc(NC(=O)C3[C@H](C)[C@H]3c3cnn(CCO)c3)ncc2c(N)c1F.Cc1ccncc1-c1cc2cc(NC(=O)[C@@H]3[C@@H](C)[C@H]3c3cnn(CCO)c3)ncc2c(N)c1F.Cc1ccncc1-c1cc2cc(NC(=O)[C@H]3[C@@H](C)[C@@H]3c3cnn(CCO)c3)ncc2c(N)c1F.Cc1ccncc1-c1cc2cc(NC(=O)[C@H]3[C@H](C)[C@@H]3c3cnn(CCO)c3)ncc2c(N)c1F. The number of anilines is 8. The van der Waals surface area contributed by atoms with Crippen LogP contribution in [0.15, 0.2) is 197 Å². The third kappa shape index (κ3) is 18.6. The van der Waals surface area contributed by atoms with Gasteiger partial charge in [-0.25, -0.2) is 37.5 Å². The Labute approximate surface area is 777 Å². The Morgan fingerprint density at radius 3 is 0.713 bits per heavy atom. The lowest BCUT2D eigenvalue weighted by atomic mass is 9.98. The molecule has 136 heavy (non-hydrogen) atoms. The highest BCUT2D eigenvalue weighted by Gasteiger charge is 2.56. The Hall–Kier alpha value is -15.4. The van der Waals surface area contributed by atoms with Crippen molar-refractivity contribution in [3.63, 3.8) is 0 Å². The molecule has 0 spiro atoms. The number of rotatable bonds is 24. The summed E-state index contributed by atoms with van der Waals surface area (Å²) in [7, 11) is 0. The van der Waals surface area contributed by atoms with Crippen molar-refractivity contribution >= 4 is 113 Å². The van der Waals surface area contributed by atoms with Gasteiger partial charge in [0.05, 0.1) is 100 Å². The summed E-state index contributed by atoms with van der Waals surface area (Å²) in [6.45, 7) is 17.4. The highest BCUT2D eigenvalue weighted by atomic mass is 19.1. The van der Waals surface area contributed by atoms with Crippen LogP contribution in [0, 0.1) is 98.3 Å². The largest absolute Gasteiger partial charge is 0.396 e. The summed E-state index contributed by atoms with van der Waals surface area (Å²) >= 11 is 0. The number of aromatic nitrogens is 16. The van der Waals surface area contributed by atoms with Crippen LogP contribution in [0.25, 0.3) is 87.6 Å². The number of carbonyl (C=O) groups is 4. The second-order valence-corrected chi connectivity index (χ2v) is 35.2. The van der Waals surface area contributed by atoms with Crippen molar-refractivity contribution in [1.29, 1.82) is 0 Å². The van der Waals surface area contributed by atoms with Gasteiger partial charge in [0.15, 0.2) is 23.3 Å². The van der Waals surface area contributed by atoms with Gasteiger partial charge in [-0.1, -0.05) is 27.7 Å². The maximum Gasteiger partial charge on any atom is 0.229 e. The fraction of sp³-hybridized carbons (Fsp3) is 0.280. The molecule has 16 N–H and O–H groups in total. The highest BCUT2D eigenvalue weighted by molar-refractivity contribution is 6.06. The van der Waals surface area contributed by atoms with Gasteiger partial charge in [-0.05, 0) is 190 Å². The van der Waals surface area contributed by atoms with Gasteiger partial charge < -0.3 is 64.6 Å². The first kappa shape index (κ1) is 92.5. The first-order valence-corrected chi connectivity index (χ1v) is 44.5. The molecule has 696 valence electrons. The zero-order valence-electron chi connectivity index (χ0n) is 75.5. The Balaban J connectivity index is 0.000000126. The zero-order chi connectivity index (χ0) is 95.9. The van der Waals surface area contributed by atoms with Crippen LogP contribution in [0.2, 0.25) is 0 Å². The molecule has 4 aliphatic rings. The van der Waals surface area contributed by atoms with E-state index < -0.39 is 23.3 Å². The van der Waals surface area contributed by atoms with E-state index in [-0.39, 0.29) is 144 Å². The molecule has 12 heterocycles. The number of aliphatic hydroxyl groups is 4. The fourth-order valence-corrected chi connectivity index (χ4v) is 18.7. The molecule has 0 radical (unpaired) electrons. The molecule has 4 saturated carbocycles. The first-order chi connectivity index (χ1) is 65.5. The average molecular weight is 1840 g/mol. The minimum absolute atomic E-state index is 0.00929.